The van der Waals surface area contributed by atoms with Crippen LogP contribution in [0.4, 0.5) is 18.2 Å². The Bertz CT molecular complexity index is 1180. The van der Waals surface area contributed by atoms with Gasteiger partial charge in [0.1, 0.15) is 5.00 Å². The van der Waals surface area contributed by atoms with E-state index < -0.39 is 17.8 Å². The first kappa shape index (κ1) is 27.2. The first-order valence-corrected chi connectivity index (χ1v) is 12.8. The van der Waals surface area contributed by atoms with Crippen LogP contribution in [-0.4, -0.2) is 34.0 Å². The minimum Gasteiger partial charge on any atom is -0.462 e. The second kappa shape index (κ2) is 12.0. The molecule has 2 aromatic heterocycles. The summed E-state index contributed by atoms with van der Waals surface area (Å²) in [7, 11) is 0. The molecule has 3 aromatic rings. The number of aromatic nitrogens is 2. The van der Waals surface area contributed by atoms with Crippen molar-refractivity contribution in [3.05, 3.63) is 68.3 Å². The number of thiophene rings is 1. The Balaban J connectivity index is 1.59. The van der Waals surface area contributed by atoms with Crippen LogP contribution in [0, 0.1) is 6.92 Å². The van der Waals surface area contributed by atoms with E-state index in [0.29, 0.717) is 40.8 Å². The quantitative estimate of drug-likeness (QED) is 0.177. The van der Waals surface area contributed by atoms with Gasteiger partial charge in [-0.3, -0.25) is 4.68 Å². The zero-order valence-electron chi connectivity index (χ0n) is 19.0. The number of halogens is 4. The van der Waals surface area contributed by atoms with Crippen LogP contribution in [0.5, 0.6) is 0 Å². The number of benzene rings is 1. The maximum absolute atomic E-state index is 13.0. The summed E-state index contributed by atoms with van der Waals surface area (Å²) >= 11 is 9.76. The summed E-state index contributed by atoms with van der Waals surface area (Å²) in [5, 5.41) is 10.6. The Labute approximate surface area is 219 Å². The molecule has 2 N–H and O–H groups in total. The molecule has 3 rings (SSSR count). The number of alkyl halides is 3. The molecule has 0 radical (unpaired) electrons. The van der Waals surface area contributed by atoms with Gasteiger partial charge in [0.25, 0.3) is 0 Å². The zero-order valence-corrected chi connectivity index (χ0v) is 22.3. The summed E-state index contributed by atoms with van der Waals surface area (Å²) < 4.78 is 45.5. The second-order valence-corrected chi connectivity index (χ2v) is 9.88. The van der Waals surface area contributed by atoms with Crippen molar-refractivity contribution in [1.82, 2.24) is 15.1 Å². The van der Waals surface area contributed by atoms with Gasteiger partial charge in [-0.2, -0.15) is 18.3 Å². The number of carbonyl (C=O) groups is 1. The molecule has 0 spiro atoms. The number of thiocarbonyl (C=S) groups is 1. The molecule has 6 nitrogen and oxygen atoms in total. The van der Waals surface area contributed by atoms with E-state index in [1.54, 1.807) is 19.9 Å². The van der Waals surface area contributed by atoms with Gasteiger partial charge in [0, 0.05) is 24.4 Å². The smallest absolute Gasteiger partial charge is 0.436 e. The molecule has 0 atom stereocenters. The van der Waals surface area contributed by atoms with Crippen LogP contribution >= 0.6 is 39.5 Å². The molecular formula is C23H24BrF3N4O2S2. The molecule has 0 bridgehead atoms. The second-order valence-electron chi connectivity index (χ2n) is 7.54. The summed E-state index contributed by atoms with van der Waals surface area (Å²) in [5.74, 6) is -0.437. The first-order chi connectivity index (χ1) is 16.6. The highest BCUT2D eigenvalue weighted by molar-refractivity contribution is 9.10. The Kier molecular flexibility index (Phi) is 9.31. The largest absolute Gasteiger partial charge is 0.462 e. The lowest BCUT2D eigenvalue weighted by molar-refractivity contribution is -0.142. The van der Waals surface area contributed by atoms with E-state index in [2.05, 4.69) is 31.7 Å². The van der Waals surface area contributed by atoms with Gasteiger partial charge in [-0.25, -0.2) is 4.79 Å². The number of hydrogen-bond donors (Lipinski definition) is 2. The predicted octanol–water partition coefficient (Wildman–Crippen LogP) is 6.18. The van der Waals surface area contributed by atoms with Gasteiger partial charge in [0.2, 0.25) is 0 Å². The number of hydrogen-bond acceptors (Lipinski definition) is 5. The third kappa shape index (κ3) is 7.28. The molecule has 0 fully saturated rings. The van der Waals surface area contributed by atoms with Gasteiger partial charge in [0.05, 0.1) is 22.3 Å². The molecule has 0 unspecified atom stereocenters. The van der Waals surface area contributed by atoms with Gasteiger partial charge in [-0.15, -0.1) is 11.3 Å². The zero-order chi connectivity index (χ0) is 25.6. The standard InChI is InChI=1S/C23H24BrF3N4O2S2/c1-3-33-21(32)17-13-16(12-15-8-5-4-6-9-15)35-20(17)29-22(34)28-10-7-11-31-14(2)18(24)19(30-31)23(25,26)27/h4-6,8-9,13H,3,7,10-12H2,1-2H3,(H2,28,29,34). The van der Waals surface area contributed by atoms with Gasteiger partial charge >= 0.3 is 12.1 Å². The van der Waals surface area contributed by atoms with Gasteiger partial charge in [-0.05, 0) is 60.0 Å². The van der Waals surface area contributed by atoms with Crippen molar-refractivity contribution in [2.24, 2.45) is 0 Å². The minimum absolute atomic E-state index is 0.0503. The Morgan fingerprint density at radius 1 is 1.29 bits per heavy atom. The number of aryl methyl sites for hydroxylation is 1. The van der Waals surface area contributed by atoms with Crippen molar-refractivity contribution in [3.8, 4) is 0 Å². The Morgan fingerprint density at radius 2 is 2.00 bits per heavy atom. The Hall–Kier alpha value is -2.44. The van der Waals surface area contributed by atoms with E-state index in [1.807, 2.05) is 30.3 Å². The molecule has 188 valence electrons. The molecule has 1 aromatic carbocycles. The van der Waals surface area contributed by atoms with E-state index in [9.17, 15) is 18.0 Å². The fraction of sp³-hybridized carbons (Fsp3) is 0.348. The molecule has 0 saturated heterocycles. The first-order valence-electron chi connectivity index (χ1n) is 10.8. The highest BCUT2D eigenvalue weighted by atomic mass is 79.9. The van der Waals surface area contributed by atoms with Crippen molar-refractivity contribution >= 4 is 55.6 Å². The fourth-order valence-electron chi connectivity index (χ4n) is 3.28. The van der Waals surface area contributed by atoms with Crippen molar-refractivity contribution in [2.45, 2.75) is 39.4 Å². The maximum Gasteiger partial charge on any atom is 0.436 e. The molecule has 12 heteroatoms. The minimum atomic E-state index is -4.52. The van der Waals surface area contributed by atoms with Crippen LogP contribution in [0.1, 0.15) is 45.5 Å². The summed E-state index contributed by atoms with van der Waals surface area (Å²) in [6.07, 6.45) is -3.36. The van der Waals surface area contributed by atoms with Crippen LogP contribution in [0.3, 0.4) is 0 Å². The number of nitrogens with one attached hydrogen (secondary N) is 2. The van der Waals surface area contributed by atoms with Crippen LogP contribution in [0.25, 0.3) is 0 Å². The van der Waals surface area contributed by atoms with E-state index in [4.69, 9.17) is 17.0 Å². The van der Waals surface area contributed by atoms with E-state index in [0.717, 1.165) is 10.4 Å². The molecule has 0 aliphatic rings. The summed E-state index contributed by atoms with van der Waals surface area (Å²) in [6.45, 7) is 4.26. The molecule has 0 aliphatic carbocycles. The van der Waals surface area contributed by atoms with Crippen molar-refractivity contribution in [2.75, 3.05) is 18.5 Å². The lowest BCUT2D eigenvalue weighted by atomic mass is 10.1. The highest BCUT2D eigenvalue weighted by Crippen LogP contribution is 2.35. The topological polar surface area (TPSA) is 68.2 Å². The Morgan fingerprint density at radius 3 is 2.63 bits per heavy atom. The van der Waals surface area contributed by atoms with Crippen molar-refractivity contribution in [3.63, 3.8) is 0 Å². The predicted molar refractivity (Wildman–Crippen MR) is 138 cm³/mol. The van der Waals surface area contributed by atoms with Gasteiger partial charge in [0.15, 0.2) is 10.8 Å². The molecule has 0 saturated carbocycles. The van der Waals surface area contributed by atoms with Crippen molar-refractivity contribution < 1.29 is 22.7 Å². The average Bonchev–Trinajstić information content (AvgIpc) is 3.32. The number of esters is 1. The van der Waals surface area contributed by atoms with Crippen LogP contribution in [-0.2, 0) is 23.9 Å². The van der Waals surface area contributed by atoms with Gasteiger partial charge in [-0.1, -0.05) is 30.3 Å². The van der Waals surface area contributed by atoms with Crippen LogP contribution in [0.2, 0.25) is 0 Å². The molecule has 35 heavy (non-hydrogen) atoms. The van der Waals surface area contributed by atoms with Crippen LogP contribution in [0.15, 0.2) is 40.9 Å². The fourth-order valence-corrected chi connectivity index (χ4v) is 5.14. The highest BCUT2D eigenvalue weighted by Gasteiger charge is 2.37. The molecule has 0 aliphatic heterocycles. The SMILES string of the molecule is CCOC(=O)c1cc(Cc2ccccc2)sc1NC(=S)NCCCn1nc(C(F)(F)F)c(Br)c1C. The summed E-state index contributed by atoms with van der Waals surface area (Å²) in [6, 6.07) is 11.7. The maximum atomic E-state index is 13.0. The number of rotatable bonds is 9. The number of carbonyl (C=O) groups excluding carboxylic acids is 1. The van der Waals surface area contributed by atoms with E-state index in [1.165, 1.54) is 16.0 Å². The van der Waals surface area contributed by atoms with Crippen molar-refractivity contribution in [1.29, 1.82) is 0 Å². The average molecular weight is 590 g/mol. The lowest BCUT2D eigenvalue weighted by Gasteiger charge is -2.11. The number of ether oxygens (including phenoxy) is 1. The number of anilines is 1. The molecule has 0 amide bonds. The molecule has 2 heterocycles. The third-order valence-electron chi connectivity index (χ3n) is 4.96. The molecular weight excluding hydrogens is 565 g/mol. The third-order valence-corrected chi connectivity index (χ3v) is 7.21. The monoisotopic (exact) mass is 588 g/mol. The lowest BCUT2D eigenvalue weighted by Crippen LogP contribution is -2.30. The van der Waals surface area contributed by atoms with E-state index >= 15 is 0 Å². The summed E-state index contributed by atoms with van der Waals surface area (Å²) in [5.41, 5.74) is 0.992. The van der Waals surface area contributed by atoms with Gasteiger partial charge < -0.3 is 15.4 Å². The normalized spacial score (nSPS) is 11.4. The van der Waals surface area contributed by atoms with Crippen LogP contribution < -0.4 is 10.6 Å². The van der Waals surface area contributed by atoms with E-state index in [-0.39, 0.29) is 17.6 Å². The summed E-state index contributed by atoms with van der Waals surface area (Å²) in [4.78, 5) is 13.4. The number of nitrogens with zero attached hydrogens (tertiary/aromatic N) is 2.